The fraction of sp³-hybridized carbons (Fsp3) is 0.421. The second-order valence-corrected chi connectivity index (χ2v) is 6.45. The summed E-state index contributed by atoms with van der Waals surface area (Å²) in [5.41, 5.74) is 2.88. The van der Waals surface area contributed by atoms with Gasteiger partial charge < -0.3 is 14.4 Å². The molecule has 0 radical (unpaired) electrons. The molecular weight excluding hydrogens is 318 g/mol. The standard InChI is InChI=1S/C19H21N3O3/c1-24-8-9-25-15-5-2-13(3-6-15)19(23)22-14-4-7-18(22)16-11-20-12-21-17(16)10-14/h2-3,5-6,11-12,14,18H,4,7-10H2,1H3. The van der Waals surface area contributed by atoms with Crippen molar-refractivity contribution in [3.8, 4) is 5.75 Å². The van der Waals surface area contributed by atoms with Crippen LogP contribution >= 0.6 is 0 Å². The van der Waals surface area contributed by atoms with Gasteiger partial charge in [0.2, 0.25) is 0 Å². The van der Waals surface area contributed by atoms with Crippen molar-refractivity contribution in [2.75, 3.05) is 20.3 Å². The number of hydrogen-bond donors (Lipinski definition) is 0. The minimum Gasteiger partial charge on any atom is -0.491 e. The van der Waals surface area contributed by atoms with E-state index < -0.39 is 0 Å². The predicted molar refractivity (Wildman–Crippen MR) is 91.5 cm³/mol. The Kier molecular flexibility index (Phi) is 4.36. The van der Waals surface area contributed by atoms with E-state index in [1.165, 1.54) is 0 Å². The van der Waals surface area contributed by atoms with Crippen LogP contribution in [0.3, 0.4) is 0 Å². The summed E-state index contributed by atoms with van der Waals surface area (Å²) >= 11 is 0. The lowest BCUT2D eigenvalue weighted by Crippen LogP contribution is -2.42. The molecule has 0 saturated carbocycles. The molecule has 6 heteroatoms. The molecule has 2 atom stereocenters. The minimum absolute atomic E-state index is 0.0745. The van der Waals surface area contributed by atoms with Crippen LogP contribution in [0.2, 0.25) is 0 Å². The van der Waals surface area contributed by atoms with E-state index >= 15 is 0 Å². The van der Waals surface area contributed by atoms with Gasteiger partial charge in [0.05, 0.1) is 18.3 Å². The number of ether oxygens (including phenoxy) is 2. The summed E-state index contributed by atoms with van der Waals surface area (Å²) in [6.07, 6.45) is 6.28. The first-order valence-electron chi connectivity index (χ1n) is 8.61. The lowest BCUT2D eigenvalue weighted by molar-refractivity contribution is 0.0643. The Morgan fingerprint density at radius 3 is 2.88 bits per heavy atom. The number of carbonyl (C=O) groups is 1. The number of rotatable bonds is 5. The molecule has 3 heterocycles. The van der Waals surface area contributed by atoms with Crippen molar-refractivity contribution < 1.29 is 14.3 Å². The van der Waals surface area contributed by atoms with Gasteiger partial charge in [0, 0.05) is 36.9 Å². The van der Waals surface area contributed by atoms with Crippen LogP contribution in [0.4, 0.5) is 0 Å². The Balaban J connectivity index is 1.52. The molecule has 1 fully saturated rings. The first kappa shape index (κ1) is 16.0. The maximum absolute atomic E-state index is 13.1. The molecule has 2 bridgehead atoms. The molecule has 0 spiro atoms. The van der Waals surface area contributed by atoms with Crippen LogP contribution in [-0.4, -0.2) is 47.1 Å². The van der Waals surface area contributed by atoms with Gasteiger partial charge in [-0.15, -0.1) is 0 Å². The normalized spacial score (nSPS) is 21.1. The lowest BCUT2D eigenvalue weighted by Gasteiger charge is -2.35. The van der Waals surface area contributed by atoms with E-state index in [4.69, 9.17) is 9.47 Å². The van der Waals surface area contributed by atoms with Crippen molar-refractivity contribution in [3.63, 3.8) is 0 Å². The van der Waals surface area contributed by atoms with E-state index in [-0.39, 0.29) is 18.0 Å². The zero-order chi connectivity index (χ0) is 17.2. The first-order valence-corrected chi connectivity index (χ1v) is 8.61. The van der Waals surface area contributed by atoms with E-state index in [1.54, 1.807) is 13.4 Å². The maximum atomic E-state index is 13.1. The second-order valence-electron chi connectivity index (χ2n) is 6.45. The van der Waals surface area contributed by atoms with Gasteiger partial charge in [-0.1, -0.05) is 0 Å². The van der Waals surface area contributed by atoms with Crippen LogP contribution in [0.15, 0.2) is 36.8 Å². The van der Waals surface area contributed by atoms with Gasteiger partial charge >= 0.3 is 0 Å². The quantitative estimate of drug-likeness (QED) is 0.783. The second kappa shape index (κ2) is 6.80. The third-order valence-electron chi connectivity index (χ3n) is 5.01. The summed E-state index contributed by atoms with van der Waals surface area (Å²) in [6.45, 7) is 1.04. The molecule has 1 amide bonds. The van der Waals surface area contributed by atoms with Crippen molar-refractivity contribution in [2.45, 2.75) is 31.3 Å². The van der Waals surface area contributed by atoms with Crippen LogP contribution in [0.25, 0.3) is 0 Å². The summed E-state index contributed by atoms with van der Waals surface area (Å²) in [6, 6.07) is 7.68. The Hall–Kier alpha value is -2.47. The molecule has 2 aromatic rings. The smallest absolute Gasteiger partial charge is 0.254 e. The van der Waals surface area contributed by atoms with E-state index in [0.29, 0.717) is 18.8 Å². The van der Waals surface area contributed by atoms with Crippen molar-refractivity contribution >= 4 is 5.91 Å². The molecule has 0 aliphatic carbocycles. The minimum atomic E-state index is 0.0745. The summed E-state index contributed by atoms with van der Waals surface area (Å²) in [4.78, 5) is 23.6. The number of carbonyl (C=O) groups excluding carboxylic acids is 1. The lowest BCUT2D eigenvalue weighted by atomic mass is 9.98. The molecule has 1 aromatic carbocycles. The zero-order valence-corrected chi connectivity index (χ0v) is 14.2. The predicted octanol–water partition coefficient (Wildman–Crippen LogP) is 2.40. The average molecular weight is 339 g/mol. The summed E-state index contributed by atoms with van der Waals surface area (Å²) < 4.78 is 10.5. The van der Waals surface area contributed by atoms with E-state index in [1.807, 2.05) is 35.4 Å². The molecule has 130 valence electrons. The largest absolute Gasteiger partial charge is 0.491 e. The molecule has 0 N–H and O–H groups in total. The maximum Gasteiger partial charge on any atom is 0.254 e. The Bertz CT molecular complexity index is 763. The highest BCUT2D eigenvalue weighted by atomic mass is 16.5. The third-order valence-corrected chi connectivity index (χ3v) is 5.01. The highest BCUT2D eigenvalue weighted by Crippen LogP contribution is 2.43. The summed E-state index contributed by atoms with van der Waals surface area (Å²) in [7, 11) is 1.64. The molecule has 2 aliphatic rings. The van der Waals surface area contributed by atoms with E-state index in [0.717, 1.165) is 36.3 Å². The van der Waals surface area contributed by atoms with Crippen LogP contribution < -0.4 is 4.74 Å². The highest BCUT2D eigenvalue weighted by Gasteiger charge is 2.43. The Labute approximate surface area is 146 Å². The SMILES string of the molecule is COCCOc1ccc(C(=O)N2C3CCC2c2cncnc2C3)cc1. The van der Waals surface area contributed by atoms with Gasteiger partial charge in [-0.2, -0.15) is 0 Å². The number of aromatic nitrogens is 2. The molecule has 1 aromatic heterocycles. The summed E-state index contributed by atoms with van der Waals surface area (Å²) in [5, 5.41) is 0. The number of amides is 1. The van der Waals surface area contributed by atoms with Gasteiger partial charge in [0.25, 0.3) is 5.91 Å². The topological polar surface area (TPSA) is 64.6 Å². The van der Waals surface area contributed by atoms with Gasteiger partial charge in [-0.25, -0.2) is 9.97 Å². The highest BCUT2D eigenvalue weighted by molar-refractivity contribution is 5.95. The molecule has 4 rings (SSSR count). The molecular formula is C19H21N3O3. The monoisotopic (exact) mass is 339 g/mol. The van der Waals surface area contributed by atoms with Crippen molar-refractivity contribution in [1.82, 2.24) is 14.9 Å². The Morgan fingerprint density at radius 2 is 2.08 bits per heavy atom. The van der Waals surface area contributed by atoms with Crippen molar-refractivity contribution in [1.29, 1.82) is 0 Å². The van der Waals surface area contributed by atoms with E-state index in [9.17, 15) is 4.79 Å². The van der Waals surface area contributed by atoms with Crippen molar-refractivity contribution in [3.05, 3.63) is 53.6 Å². The zero-order valence-electron chi connectivity index (χ0n) is 14.2. The van der Waals surface area contributed by atoms with Gasteiger partial charge in [-0.3, -0.25) is 4.79 Å². The molecule has 25 heavy (non-hydrogen) atoms. The molecule has 2 aliphatic heterocycles. The van der Waals surface area contributed by atoms with Crippen LogP contribution in [0.1, 0.15) is 40.5 Å². The average Bonchev–Trinajstić information content (AvgIpc) is 2.97. The fourth-order valence-corrected chi connectivity index (χ4v) is 3.82. The third kappa shape index (κ3) is 2.98. The fourth-order valence-electron chi connectivity index (χ4n) is 3.82. The summed E-state index contributed by atoms with van der Waals surface area (Å²) in [5.74, 6) is 0.819. The number of hydrogen-bond acceptors (Lipinski definition) is 5. The number of methoxy groups -OCH3 is 1. The first-order chi connectivity index (χ1) is 12.3. The Morgan fingerprint density at radius 1 is 1.24 bits per heavy atom. The van der Waals surface area contributed by atoms with Crippen molar-refractivity contribution in [2.24, 2.45) is 0 Å². The molecule has 2 unspecified atom stereocenters. The molecule has 1 saturated heterocycles. The van der Waals surface area contributed by atoms with Crippen LogP contribution in [0.5, 0.6) is 5.75 Å². The van der Waals surface area contributed by atoms with E-state index in [2.05, 4.69) is 9.97 Å². The van der Waals surface area contributed by atoms with Gasteiger partial charge in [0.15, 0.2) is 0 Å². The van der Waals surface area contributed by atoms with Crippen LogP contribution in [-0.2, 0) is 11.2 Å². The van der Waals surface area contributed by atoms with Gasteiger partial charge in [0.1, 0.15) is 18.7 Å². The number of fused-ring (bicyclic) bond motifs is 4. The number of nitrogens with zero attached hydrogens (tertiary/aromatic N) is 3. The van der Waals surface area contributed by atoms with Gasteiger partial charge in [-0.05, 0) is 37.1 Å². The molecule has 6 nitrogen and oxygen atoms in total. The van der Waals surface area contributed by atoms with Crippen LogP contribution in [0, 0.1) is 0 Å². The number of benzene rings is 1.